The summed E-state index contributed by atoms with van der Waals surface area (Å²) in [7, 11) is 0. The average Bonchev–Trinajstić information content (AvgIpc) is 2.51. The van der Waals surface area contributed by atoms with Gasteiger partial charge in [0.05, 0.1) is 11.0 Å². The van der Waals surface area contributed by atoms with Gasteiger partial charge in [-0.3, -0.25) is 14.9 Å². The lowest BCUT2D eigenvalue weighted by atomic mass is 10.0. The summed E-state index contributed by atoms with van der Waals surface area (Å²) in [4.78, 5) is 22.5. The number of nitro groups is 1. The molecule has 0 N–H and O–H groups in total. The molecule has 0 aliphatic carbocycles. The largest absolute Gasteiger partial charge is 0.464 e. The van der Waals surface area contributed by atoms with Crippen molar-refractivity contribution in [2.24, 2.45) is 0 Å². The van der Waals surface area contributed by atoms with Gasteiger partial charge in [0.25, 0.3) is 5.69 Å². The van der Waals surface area contributed by atoms with Crippen LogP contribution >= 0.6 is 0 Å². The minimum Gasteiger partial charge on any atom is -0.464 e. The van der Waals surface area contributed by atoms with E-state index in [0.717, 1.165) is 25.0 Å². The highest BCUT2D eigenvalue weighted by atomic mass is 19.4. The maximum absolute atomic E-state index is 13.1. The quantitative estimate of drug-likeness (QED) is 0.474. The van der Waals surface area contributed by atoms with E-state index < -0.39 is 28.3 Å². The van der Waals surface area contributed by atoms with Crippen molar-refractivity contribution in [3.63, 3.8) is 0 Å². The lowest BCUT2D eigenvalue weighted by molar-refractivity contribution is -0.388. The first kappa shape index (κ1) is 18.0. The Kier molecular flexibility index (Phi) is 5.30. The van der Waals surface area contributed by atoms with Crippen molar-refractivity contribution in [1.29, 1.82) is 0 Å². The van der Waals surface area contributed by atoms with Gasteiger partial charge in [0, 0.05) is 25.2 Å². The van der Waals surface area contributed by atoms with E-state index >= 15 is 0 Å². The van der Waals surface area contributed by atoms with E-state index in [1.807, 2.05) is 0 Å². The van der Waals surface area contributed by atoms with Crippen LogP contribution in [0.5, 0.6) is 0 Å². The van der Waals surface area contributed by atoms with E-state index in [1.54, 1.807) is 4.90 Å². The van der Waals surface area contributed by atoms with Gasteiger partial charge in [0.15, 0.2) is 0 Å². The highest BCUT2D eigenvalue weighted by molar-refractivity contribution is 5.66. The molecule has 132 valence electrons. The molecule has 1 saturated heterocycles. The van der Waals surface area contributed by atoms with Gasteiger partial charge < -0.3 is 9.64 Å². The summed E-state index contributed by atoms with van der Waals surface area (Å²) in [5, 5.41) is 10.8. The monoisotopic (exact) mass is 346 g/mol. The predicted octanol–water partition coefficient (Wildman–Crippen LogP) is 3.54. The molecule has 0 aromatic heterocycles. The fourth-order valence-electron chi connectivity index (χ4n) is 2.82. The van der Waals surface area contributed by atoms with Crippen LogP contribution in [0.15, 0.2) is 18.2 Å². The number of piperidine rings is 1. The van der Waals surface area contributed by atoms with Crippen molar-refractivity contribution in [3.05, 3.63) is 33.9 Å². The molecule has 1 aliphatic rings. The molecule has 1 fully saturated rings. The Bertz CT molecular complexity index is 634. The van der Waals surface area contributed by atoms with Crippen LogP contribution in [-0.2, 0) is 15.7 Å². The van der Waals surface area contributed by atoms with E-state index in [-0.39, 0.29) is 18.3 Å². The van der Waals surface area contributed by atoms with E-state index in [2.05, 4.69) is 0 Å². The van der Waals surface area contributed by atoms with Crippen molar-refractivity contribution in [3.8, 4) is 0 Å². The summed E-state index contributed by atoms with van der Waals surface area (Å²) in [6.45, 7) is 1.84. The second-order valence-electron chi connectivity index (χ2n) is 5.60. The number of nitrogens with zero attached hydrogens (tertiary/aromatic N) is 2. The van der Waals surface area contributed by atoms with Gasteiger partial charge in [0.1, 0.15) is 12.2 Å². The molecule has 2 rings (SSSR count). The number of hydrogen-bond acceptors (Lipinski definition) is 5. The number of rotatable bonds is 4. The van der Waals surface area contributed by atoms with Crippen LogP contribution in [-0.4, -0.2) is 30.1 Å². The second-order valence-corrected chi connectivity index (χ2v) is 5.60. The molecule has 9 heteroatoms. The molecule has 24 heavy (non-hydrogen) atoms. The van der Waals surface area contributed by atoms with Crippen molar-refractivity contribution < 1.29 is 27.6 Å². The van der Waals surface area contributed by atoms with Crippen LogP contribution in [0.25, 0.3) is 0 Å². The number of halogens is 3. The normalized spacial score (nSPS) is 18.3. The van der Waals surface area contributed by atoms with E-state index in [0.29, 0.717) is 13.0 Å². The third-order valence-electron chi connectivity index (χ3n) is 3.92. The standard InChI is InChI=1S/C15H17F3N2O4/c1-10(21)24-9-12-4-2-3-7-19(12)11-5-6-14(20(22)23)13(8-11)15(16,17)18/h5-6,8,12H,2-4,7,9H2,1H3. The summed E-state index contributed by atoms with van der Waals surface area (Å²) in [5.74, 6) is -0.458. The molecule has 1 aliphatic heterocycles. The molecule has 0 amide bonds. The zero-order chi connectivity index (χ0) is 17.9. The second kappa shape index (κ2) is 7.06. The third kappa shape index (κ3) is 4.15. The summed E-state index contributed by atoms with van der Waals surface area (Å²) in [6.07, 6.45) is -2.48. The van der Waals surface area contributed by atoms with Crippen LogP contribution in [0.2, 0.25) is 0 Å². The summed E-state index contributed by atoms with van der Waals surface area (Å²) in [5.41, 5.74) is -2.01. The van der Waals surface area contributed by atoms with Gasteiger partial charge >= 0.3 is 12.1 Å². The summed E-state index contributed by atoms with van der Waals surface area (Å²) < 4.78 is 44.3. The maximum Gasteiger partial charge on any atom is 0.423 e. The Hall–Kier alpha value is -2.32. The maximum atomic E-state index is 13.1. The number of ether oxygens (including phenoxy) is 1. The number of nitro benzene ring substituents is 1. The molecule has 1 aromatic carbocycles. The van der Waals surface area contributed by atoms with Crippen molar-refractivity contribution >= 4 is 17.3 Å². The molecule has 1 unspecified atom stereocenters. The Balaban J connectivity index is 2.35. The van der Waals surface area contributed by atoms with Crippen molar-refractivity contribution in [2.75, 3.05) is 18.1 Å². The number of hydrogen-bond donors (Lipinski definition) is 0. The molecule has 0 spiro atoms. The highest BCUT2D eigenvalue weighted by Gasteiger charge is 2.39. The molecule has 1 heterocycles. The fourth-order valence-corrected chi connectivity index (χ4v) is 2.82. The zero-order valence-electron chi connectivity index (χ0n) is 13.0. The van der Waals surface area contributed by atoms with Gasteiger partial charge in [-0.05, 0) is 31.4 Å². The Morgan fingerprint density at radius 1 is 1.42 bits per heavy atom. The Labute approximate surface area is 136 Å². The zero-order valence-corrected chi connectivity index (χ0v) is 13.0. The molecule has 0 saturated carbocycles. The first-order valence-electron chi connectivity index (χ1n) is 7.46. The van der Waals surface area contributed by atoms with Crippen LogP contribution in [0.1, 0.15) is 31.7 Å². The lowest BCUT2D eigenvalue weighted by Crippen LogP contribution is -2.43. The first-order chi connectivity index (χ1) is 11.2. The lowest BCUT2D eigenvalue weighted by Gasteiger charge is -2.37. The minimum atomic E-state index is -4.82. The minimum absolute atomic E-state index is 0.0771. The number of alkyl halides is 3. The number of anilines is 1. The Morgan fingerprint density at radius 3 is 2.71 bits per heavy atom. The average molecular weight is 346 g/mol. The molecule has 6 nitrogen and oxygen atoms in total. The van der Waals surface area contributed by atoms with Crippen LogP contribution in [0, 0.1) is 10.1 Å². The first-order valence-corrected chi connectivity index (χ1v) is 7.46. The number of carbonyl (C=O) groups is 1. The highest BCUT2D eigenvalue weighted by Crippen LogP contribution is 2.39. The number of esters is 1. The molecular formula is C15H17F3N2O4. The summed E-state index contributed by atoms with van der Waals surface area (Å²) in [6, 6.07) is 2.73. The van der Waals surface area contributed by atoms with E-state index in [9.17, 15) is 28.1 Å². The van der Waals surface area contributed by atoms with Gasteiger partial charge in [0.2, 0.25) is 0 Å². The predicted molar refractivity (Wildman–Crippen MR) is 79.7 cm³/mol. The molecular weight excluding hydrogens is 329 g/mol. The number of benzene rings is 1. The van der Waals surface area contributed by atoms with Gasteiger partial charge in [-0.1, -0.05) is 0 Å². The van der Waals surface area contributed by atoms with Gasteiger partial charge in [-0.25, -0.2) is 0 Å². The van der Waals surface area contributed by atoms with Gasteiger partial charge in [-0.15, -0.1) is 0 Å². The SMILES string of the molecule is CC(=O)OCC1CCCCN1c1ccc([N+](=O)[O-])c(C(F)(F)F)c1. The van der Waals surface area contributed by atoms with Crippen LogP contribution in [0.4, 0.5) is 24.5 Å². The number of carbonyl (C=O) groups excluding carboxylic acids is 1. The fraction of sp³-hybridized carbons (Fsp3) is 0.533. The smallest absolute Gasteiger partial charge is 0.423 e. The topological polar surface area (TPSA) is 72.7 Å². The van der Waals surface area contributed by atoms with Crippen molar-refractivity contribution in [1.82, 2.24) is 0 Å². The molecule has 1 atom stereocenters. The molecule has 0 bridgehead atoms. The van der Waals surface area contributed by atoms with Gasteiger partial charge in [-0.2, -0.15) is 13.2 Å². The van der Waals surface area contributed by atoms with Crippen LogP contribution in [0.3, 0.4) is 0 Å². The third-order valence-corrected chi connectivity index (χ3v) is 3.92. The van der Waals surface area contributed by atoms with E-state index in [4.69, 9.17) is 4.74 Å². The Morgan fingerprint density at radius 2 is 2.12 bits per heavy atom. The molecule has 0 radical (unpaired) electrons. The molecule has 1 aromatic rings. The van der Waals surface area contributed by atoms with E-state index in [1.165, 1.54) is 13.0 Å². The van der Waals surface area contributed by atoms with Crippen molar-refractivity contribution in [2.45, 2.75) is 38.4 Å². The van der Waals surface area contributed by atoms with Crippen LogP contribution < -0.4 is 4.90 Å². The summed E-state index contributed by atoms with van der Waals surface area (Å²) >= 11 is 0.